The van der Waals surface area contributed by atoms with Gasteiger partial charge in [-0.25, -0.2) is 19.4 Å². The molecule has 0 radical (unpaired) electrons. The van der Waals surface area contributed by atoms with Crippen LogP contribution in [-0.2, 0) is 48.6 Å². The van der Waals surface area contributed by atoms with Crippen molar-refractivity contribution in [1.29, 1.82) is 0 Å². The smallest absolute Gasteiger partial charge is 0.432 e. The standard InChI is InChI=1S/C34H66O6.C22H38O8/c1-3-5-7-9-11-13-15-17-19-21-23-25-27-29-31-37-33(35)39-40-34(36)38-32-30-28-26-24-22-20-18-16-14-12-10-8-6-4-2;1-21(2,3)15-7-11-17(12-8-15)25-19(23)27-29-30-28-20(24)26-18-13-9-16(10-14-18)22(4,5)6/h3-32H2,1-2H3;15-18H,7-14H2,1-6H3. The van der Waals surface area contributed by atoms with Gasteiger partial charge in [-0.15, -0.1) is 0 Å². The van der Waals surface area contributed by atoms with E-state index in [4.69, 9.17) is 18.9 Å². The molecule has 0 N–H and O–H groups in total. The quantitative estimate of drug-likeness (QED) is 0.0194. The van der Waals surface area contributed by atoms with E-state index in [1.807, 2.05) is 0 Å². The number of rotatable bonds is 35. The molecule has 412 valence electrons. The highest BCUT2D eigenvalue weighted by atomic mass is 17.7. The normalized spacial score (nSPS) is 18.2. The van der Waals surface area contributed by atoms with Crippen LogP contribution in [0.15, 0.2) is 0 Å². The summed E-state index contributed by atoms with van der Waals surface area (Å²) in [5.74, 6) is 1.21. The van der Waals surface area contributed by atoms with Crippen LogP contribution in [0.4, 0.5) is 19.2 Å². The Balaban J connectivity index is 0.000000726. The van der Waals surface area contributed by atoms with Gasteiger partial charge in [-0.2, -0.15) is 19.4 Å². The fraction of sp³-hybridized carbons (Fsp3) is 0.929. The molecule has 0 bridgehead atoms. The summed E-state index contributed by atoms with van der Waals surface area (Å²) in [4.78, 5) is 63.7. The van der Waals surface area contributed by atoms with Gasteiger partial charge in [0.25, 0.3) is 0 Å². The Kier molecular flexibility index (Phi) is 39.5. The Morgan fingerprint density at radius 3 is 0.814 bits per heavy atom. The van der Waals surface area contributed by atoms with Crippen LogP contribution in [0.3, 0.4) is 0 Å². The summed E-state index contributed by atoms with van der Waals surface area (Å²) in [7, 11) is 0. The summed E-state index contributed by atoms with van der Waals surface area (Å²) in [6.07, 6.45) is 38.2. The van der Waals surface area contributed by atoms with Gasteiger partial charge in [0.1, 0.15) is 12.2 Å². The first-order valence-corrected chi connectivity index (χ1v) is 28.4. The van der Waals surface area contributed by atoms with Gasteiger partial charge in [0.2, 0.25) is 0 Å². The maximum atomic E-state index is 11.6. The van der Waals surface area contributed by atoms with Crippen molar-refractivity contribution in [3.8, 4) is 0 Å². The molecule has 70 heavy (non-hydrogen) atoms. The van der Waals surface area contributed by atoms with Crippen molar-refractivity contribution >= 4 is 24.6 Å². The minimum atomic E-state index is -1.04. The molecule has 0 aromatic carbocycles. The van der Waals surface area contributed by atoms with Crippen LogP contribution in [0.2, 0.25) is 0 Å². The molecule has 0 aromatic rings. The summed E-state index contributed by atoms with van der Waals surface area (Å²) in [6.45, 7) is 18.4. The van der Waals surface area contributed by atoms with Crippen molar-refractivity contribution in [2.24, 2.45) is 22.7 Å². The van der Waals surface area contributed by atoms with E-state index in [9.17, 15) is 19.2 Å². The molecule has 0 amide bonds. The molecular weight excluding hydrogens is 897 g/mol. The molecule has 2 aliphatic carbocycles. The third-order valence-electron chi connectivity index (χ3n) is 14.2. The van der Waals surface area contributed by atoms with Crippen molar-refractivity contribution in [2.45, 2.75) is 299 Å². The van der Waals surface area contributed by atoms with E-state index >= 15 is 0 Å². The van der Waals surface area contributed by atoms with E-state index in [1.54, 1.807) is 0 Å². The molecule has 0 spiro atoms. The largest absolute Gasteiger partial charge is 0.549 e. The summed E-state index contributed by atoms with van der Waals surface area (Å²) in [6, 6.07) is 0. The Labute approximate surface area is 425 Å². The fourth-order valence-corrected chi connectivity index (χ4v) is 9.51. The van der Waals surface area contributed by atoms with Crippen molar-refractivity contribution in [3.63, 3.8) is 0 Å². The number of unbranched alkanes of at least 4 members (excludes halogenated alkanes) is 26. The second-order valence-electron chi connectivity index (χ2n) is 22.3. The maximum absolute atomic E-state index is 11.6. The lowest BCUT2D eigenvalue weighted by Gasteiger charge is -2.36. The van der Waals surface area contributed by atoms with Gasteiger partial charge in [-0.05, 0) is 86.9 Å². The van der Waals surface area contributed by atoms with Gasteiger partial charge in [-0.1, -0.05) is 222 Å². The molecule has 2 rings (SSSR count). The first-order valence-electron chi connectivity index (χ1n) is 28.4. The van der Waals surface area contributed by atoms with E-state index in [2.05, 4.69) is 85.0 Å². The summed E-state index contributed by atoms with van der Waals surface area (Å²) in [5.41, 5.74) is 0.501. The van der Waals surface area contributed by atoms with Crippen molar-refractivity contribution in [3.05, 3.63) is 0 Å². The van der Waals surface area contributed by atoms with Crippen LogP contribution in [-0.4, -0.2) is 50.0 Å². The predicted octanol–water partition coefficient (Wildman–Crippen LogP) is 18.5. The van der Waals surface area contributed by atoms with E-state index in [0.717, 1.165) is 89.9 Å². The number of ether oxygens (including phenoxy) is 4. The molecule has 0 aliphatic heterocycles. The Morgan fingerprint density at radius 2 is 0.571 bits per heavy atom. The molecule has 2 saturated carbocycles. The topological polar surface area (TPSA) is 161 Å². The van der Waals surface area contributed by atoms with E-state index < -0.39 is 24.6 Å². The first-order chi connectivity index (χ1) is 33.6. The van der Waals surface area contributed by atoms with Crippen molar-refractivity contribution < 1.29 is 67.8 Å². The molecular formula is C56H104O14. The minimum absolute atomic E-state index is 0.214. The summed E-state index contributed by atoms with van der Waals surface area (Å²) in [5, 5.41) is 8.27. The third kappa shape index (κ3) is 38.6. The van der Waals surface area contributed by atoms with Gasteiger partial charge in [-0.3, -0.25) is 0 Å². The van der Waals surface area contributed by atoms with Crippen LogP contribution in [0.1, 0.15) is 287 Å². The van der Waals surface area contributed by atoms with Gasteiger partial charge < -0.3 is 18.9 Å². The number of carbonyl (C=O) groups excluding carboxylic acids is 4. The molecule has 0 aromatic heterocycles. The SMILES string of the molecule is CC(C)(C)C1CCC(OC(=O)OOOOC(=O)OC2CCC(C(C)(C)C)CC2)CC1.CCCCCCCCCCCCCCCCOC(=O)OOC(=O)OCCCCCCCCCCCCCCCC. The number of hydrogen-bond donors (Lipinski definition) is 0. The monoisotopic (exact) mass is 1000 g/mol. The van der Waals surface area contributed by atoms with Crippen LogP contribution in [0, 0.1) is 22.7 Å². The average molecular weight is 1000 g/mol. The van der Waals surface area contributed by atoms with Gasteiger partial charge in [0.05, 0.1) is 13.2 Å². The molecule has 0 unspecified atom stereocenters. The van der Waals surface area contributed by atoms with E-state index in [1.165, 1.54) is 141 Å². The van der Waals surface area contributed by atoms with Crippen LogP contribution < -0.4 is 0 Å². The van der Waals surface area contributed by atoms with Crippen molar-refractivity contribution in [2.75, 3.05) is 13.2 Å². The van der Waals surface area contributed by atoms with Gasteiger partial charge >= 0.3 is 24.6 Å². The zero-order valence-electron chi connectivity index (χ0n) is 45.9. The Bertz CT molecular complexity index is 1170. The molecule has 0 atom stereocenters. The molecule has 0 heterocycles. The number of carbonyl (C=O) groups is 4. The minimum Gasteiger partial charge on any atom is -0.432 e. The van der Waals surface area contributed by atoms with E-state index in [0.29, 0.717) is 11.8 Å². The lowest BCUT2D eigenvalue weighted by molar-refractivity contribution is -0.601. The highest BCUT2D eigenvalue weighted by Crippen LogP contribution is 2.39. The first kappa shape index (κ1) is 65.0. The van der Waals surface area contributed by atoms with Gasteiger partial charge in [0, 0.05) is 10.1 Å². The maximum Gasteiger partial charge on any atom is 0.549 e. The molecule has 2 aliphatic rings. The average Bonchev–Trinajstić information content (AvgIpc) is 3.32. The number of hydrogen-bond acceptors (Lipinski definition) is 14. The van der Waals surface area contributed by atoms with Gasteiger partial charge in [0.15, 0.2) is 0 Å². The fourth-order valence-electron chi connectivity index (χ4n) is 9.51. The molecule has 14 nitrogen and oxygen atoms in total. The predicted molar refractivity (Wildman–Crippen MR) is 273 cm³/mol. The Morgan fingerprint density at radius 1 is 0.329 bits per heavy atom. The lowest BCUT2D eigenvalue weighted by Crippen LogP contribution is -2.31. The second-order valence-corrected chi connectivity index (χ2v) is 22.3. The van der Waals surface area contributed by atoms with Crippen molar-refractivity contribution in [1.82, 2.24) is 0 Å². The third-order valence-corrected chi connectivity index (χ3v) is 14.2. The second kappa shape index (κ2) is 42.5. The van der Waals surface area contributed by atoms with Crippen LogP contribution in [0.5, 0.6) is 0 Å². The highest BCUT2D eigenvalue weighted by Gasteiger charge is 2.33. The summed E-state index contributed by atoms with van der Waals surface area (Å²) < 4.78 is 20.2. The zero-order chi connectivity index (χ0) is 51.6. The summed E-state index contributed by atoms with van der Waals surface area (Å²) >= 11 is 0. The lowest BCUT2D eigenvalue weighted by atomic mass is 9.72. The Hall–Kier alpha value is -3.00. The zero-order valence-corrected chi connectivity index (χ0v) is 45.9. The van der Waals surface area contributed by atoms with Crippen LogP contribution in [0.25, 0.3) is 0 Å². The molecule has 2 fully saturated rings. The highest BCUT2D eigenvalue weighted by molar-refractivity contribution is 5.63. The van der Waals surface area contributed by atoms with Crippen LogP contribution >= 0.6 is 0 Å². The van der Waals surface area contributed by atoms with E-state index in [-0.39, 0.29) is 36.3 Å². The molecule has 0 saturated heterocycles. The molecule has 14 heteroatoms.